The third kappa shape index (κ3) is 4.40. The molecule has 0 atom stereocenters. The van der Waals surface area contributed by atoms with E-state index in [1.807, 2.05) is 4.90 Å². The molecule has 2 aromatic carbocycles. The maximum Gasteiger partial charge on any atom is 0.289 e. The van der Waals surface area contributed by atoms with Crippen molar-refractivity contribution in [3.63, 3.8) is 0 Å². The van der Waals surface area contributed by atoms with Crippen molar-refractivity contribution in [1.82, 2.24) is 9.80 Å². The Labute approximate surface area is 170 Å². The minimum absolute atomic E-state index is 0.134. The Bertz CT molecular complexity index is 998. The first kappa shape index (κ1) is 19.4. The van der Waals surface area contributed by atoms with Gasteiger partial charge in [0.25, 0.3) is 5.91 Å². The van der Waals surface area contributed by atoms with Gasteiger partial charge in [-0.25, -0.2) is 4.39 Å². The number of carbonyl (C=O) groups is 1. The lowest BCUT2D eigenvalue weighted by atomic mass is 10.1. The van der Waals surface area contributed by atoms with E-state index in [1.165, 1.54) is 17.2 Å². The second kappa shape index (κ2) is 8.62. The Morgan fingerprint density at radius 1 is 0.966 bits per heavy atom. The van der Waals surface area contributed by atoms with Gasteiger partial charge in [0, 0.05) is 32.7 Å². The molecule has 1 aromatic heterocycles. The molecule has 4 nitrogen and oxygen atoms in total. The van der Waals surface area contributed by atoms with Crippen molar-refractivity contribution in [2.75, 3.05) is 26.2 Å². The number of carbonyl (C=O) groups excluding carboxylic acids is 1. The van der Waals surface area contributed by atoms with Gasteiger partial charge >= 0.3 is 0 Å². The second-order valence-corrected chi connectivity index (χ2v) is 7.49. The summed E-state index contributed by atoms with van der Waals surface area (Å²) in [5.41, 5.74) is 2.99. The van der Waals surface area contributed by atoms with Gasteiger partial charge in [0.1, 0.15) is 11.6 Å². The van der Waals surface area contributed by atoms with Crippen LogP contribution in [0.25, 0.3) is 11.3 Å². The number of rotatable bonds is 4. The Morgan fingerprint density at radius 3 is 2.59 bits per heavy atom. The molecule has 0 unspecified atom stereocenters. The fraction of sp³-hybridized carbons (Fsp3) is 0.292. The van der Waals surface area contributed by atoms with Crippen LogP contribution in [0.3, 0.4) is 0 Å². The molecule has 0 spiro atoms. The fourth-order valence-electron chi connectivity index (χ4n) is 3.77. The van der Waals surface area contributed by atoms with Crippen LogP contribution in [0.2, 0.25) is 0 Å². The lowest BCUT2D eigenvalue weighted by molar-refractivity contribution is 0.0730. The van der Waals surface area contributed by atoms with Gasteiger partial charge in [0.05, 0.1) is 5.56 Å². The zero-order chi connectivity index (χ0) is 20.2. The number of nitrogens with zero attached hydrogens (tertiary/aromatic N) is 2. The first-order valence-corrected chi connectivity index (χ1v) is 10.0. The summed E-state index contributed by atoms with van der Waals surface area (Å²) in [6.45, 7) is 6.15. The summed E-state index contributed by atoms with van der Waals surface area (Å²) in [6.07, 6.45) is 0.915. The van der Waals surface area contributed by atoms with E-state index >= 15 is 0 Å². The normalized spacial score (nSPS) is 15.3. The van der Waals surface area contributed by atoms with Crippen LogP contribution in [0.15, 0.2) is 65.1 Å². The molecule has 1 aliphatic rings. The third-order valence-corrected chi connectivity index (χ3v) is 5.49. The van der Waals surface area contributed by atoms with Gasteiger partial charge in [-0.3, -0.25) is 9.69 Å². The average molecular weight is 392 g/mol. The highest BCUT2D eigenvalue weighted by atomic mass is 19.1. The predicted molar refractivity (Wildman–Crippen MR) is 111 cm³/mol. The number of benzene rings is 2. The number of amides is 1. The monoisotopic (exact) mass is 392 g/mol. The molecular weight excluding hydrogens is 367 g/mol. The average Bonchev–Trinajstić information content (AvgIpc) is 3.10. The zero-order valence-electron chi connectivity index (χ0n) is 16.6. The van der Waals surface area contributed by atoms with Crippen molar-refractivity contribution in [3.8, 4) is 11.3 Å². The third-order valence-electron chi connectivity index (χ3n) is 5.49. The predicted octanol–water partition coefficient (Wildman–Crippen LogP) is 4.74. The van der Waals surface area contributed by atoms with Crippen LogP contribution in [0, 0.1) is 12.7 Å². The maximum atomic E-state index is 14.0. The van der Waals surface area contributed by atoms with Gasteiger partial charge in [-0.1, -0.05) is 36.4 Å². The zero-order valence-corrected chi connectivity index (χ0v) is 16.6. The highest BCUT2D eigenvalue weighted by Crippen LogP contribution is 2.25. The van der Waals surface area contributed by atoms with Gasteiger partial charge < -0.3 is 9.32 Å². The summed E-state index contributed by atoms with van der Waals surface area (Å²) in [5, 5.41) is 0. The topological polar surface area (TPSA) is 36.7 Å². The van der Waals surface area contributed by atoms with Crippen molar-refractivity contribution in [2.24, 2.45) is 0 Å². The van der Waals surface area contributed by atoms with Crippen LogP contribution in [-0.2, 0) is 6.54 Å². The molecule has 5 heteroatoms. The van der Waals surface area contributed by atoms with E-state index in [1.54, 1.807) is 30.3 Å². The van der Waals surface area contributed by atoms with Crippen LogP contribution >= 0.6 is 0 Å². The minimum Gasteiger partial charge on any atom is -0.451 e. The van der Waals surface area contributed by atoms with E-state index in [0.29, 0.717) is 24.4 Å². The summed E-state index contributed by atoms with van der Waals surface area (Å²) in [5.74, 6) is 0.144. The van der Waals surface area contributed by atoms with Gasteiger partial charge in [0.2, 0.25) is 0 Å². The summed E-state index contributed by atoms with van der Waals surface area (Å²) < 4.78 is 19.7. The Morgan fingerprint density at radius 2 is 1.76 bits per heavy atom. The summed E-state index contributed by atoms with van der Waals surface area (Å²) in [7, 11) is 0. The molecule has 29 heavy (non-hydrogen) atoms. The van der Waals surface area contributed by atoms with E-state index in [4.69, 9.17) is 4.42 Å². The SMILES string of the molecule is Cc1ccccc1CN1CCCN(C(=O)c2ccc(-c3ccccc3F)o2)CC1. The highest BCUT2D eigenvalue weighted by Gasteiger charge is 2.23. The summed E-state index contributed by atoms with van der Waals surface area (Å²) in [6, 6.07) is 18.1. The molecule has 1 saturated heterocycles. The van der Waals surface area contributed by atoms with Gasteiger partial charge in [-0.2, -0.15) is 0 Å². The number of aryl methyl sites for hydroxylation is 1. The van der Waals surface area contributed by atoms with Crippen LogP contribution in [0.1, 0.15) is 28.1 Å². The number of hydrogen-bond acceptors (Lipinski definition) is 3. The molecule has 2 heterocycles. The first-order chi connectivity index (χ1) is 14.1. The quantitative estimate of drug-likeness (QED) is 0.643. The Kier molecular flexibility index (Phi) is 5.76. The summed E-state index contributed by atoms with van der Waals surface area (Å²) in [4.78, 5) is 17.1. The van der Waals surface area contributed by atoms with Crippen molar-refractivity contribution in [2.45, 2.75) is 19.9 Å². The number of halogens is 1. The molecule has 0 radical (unpaired) electrons. The molecule has 1 fully saturated rings. The fourth-order valence-corrected chi connectivity index (χ4v) is 3.77. The molecule has 1 amide bonds. The van der Waals surface area contributed by atoms with E-state index < -0.39 is 0 Å². The Balaban J connectivity index is 1.41. The molecule has 0 saturated carbocycles. The lowest BCUT2D eigenvalue weighted by Crippen LogP contribution is -2.35. The number of hydrogen-bond donors (Lipinski definition) is 0. The molecule has 4 rings (SSSR count). The molecule has 3 aromatic rings. The van der Waals surface area contributed by atoms with E-state index in [-0.39, 0.29) is 17.5 Å². The van der Waals surface area contributed by atoms with Crippen molar-refractivity contribution in [3.05, 3.63) is 83.4 Å². The summed E-state index contributed by atoms with van der Waals surface area (Å²) >= 11 is 0. The van der Waals surface area contributed by atoms with Crippen molar-refractivity contribution < 1.29 is 13.6 Å². The van der Waals surface area contributed by atoms with Crippen LogP contribution < -0.4 is 0 Å². The van der Waals surface area contributed by atoms with Crippen molar-refractivity contribution >= 4 is 5.91 Å². The molecule has 0 aliphatic carbocycles. The van der Waals surface area contributed by atoms with Gasteiger partial charge in [-0.15, -0.1) is 0 Å². The maximum absolute atomic E-state index is 14.0. The van der Waals surface area contributed by atoms with Crippen LogP contribution in [0.5, 0.6) is 0 Å². The lowest BCUT2D eigenvalue weighted by Gasteiger charge is -2.22. The van der Waals surface area contributed by atoms with E-state index in [2.05, 4.69) is 36.1 Å². The second-order valence-electron chi connectivity index (χ2n) is 7.49. The number of furan rings is 1. The Hall–Kier alpha value is -2.92. The van der Waals surface area contributed by atoms with E-state index in [9.17, 15) is 9.18 Å². The van der Waals surface area contributed by atoms with E-state index in [0.717, 1.165) is 26.1 Å². The highest BCUT2D eigenvalue weighted by molar-refractivity contribution is 5.92. The molecule has 0 N–H and O–H groups in total. The minimum atomic E-state index is -0.359. The molecular formula is C24H25FN2O2. The van der Waals surface area contributed by atoms with Crippen LogP contribution in [0.4, 0.5) is 4.39 Å². The van der Waals surface area contributed by atoms with Gasteiger partial charge in [0.15, 0.2) is 5.76 Å². The molecule has 150 valence electrons. The first-order valence-electron chi connectivity index (χ1n) is 10.0. The standard InChI is InChI=1S/C24H25FN2O2/c1-18-7-2-3-8-19(18)17-26-13-6-14-27(16-15-26)24(28)23-12-11-22(29-23)20-9-4-5-10-21(20)25/h2-5,7-12H,6,13-17H2,1H3. The van der Waals surface area contributed by atoms with Crippen molar-refractivity contribution in [1.29, 1.82) is 0 Å². The molecule has 1 aliphatic heterocycles. The van der Waals surface area contributed by atoms with Gasteiger partial charge in [-0.05, 0) is 48.7 Å². The van der Waals surface area contributed by atoms with Crippen LogP contribution in [-0.4, -0.2) is 41.9 Å². The smallest absolute Gasteiger partial charge is 0.289 e. The molecule has 0 bridgehead atoms. The largest absolute Gasteiger partial charge is 0.451 e.